The van der Waals surface area contributed by atoms with Crippen molar-refractivity contribution in [2.75, 3.05) is 0 Å². The zero-order valence-electron chi connectivity index (χ0n) is 5.77. The second-order valence-corrected chi connectivity index (χ2v) is 3.95. The van der Waals surface area contributed by atoms with Crippen molar-refractivity contribution in [2.24, 2.45) is 5.73 Å². The number of hydrogen-bond acceptors (Lipinski definition) is 1. The minimum absolute atomic E-state index is 0.369. The number of rotatable bonds is 1. The first kappa shape index (κ1) is 10.1. The average Bonchev–Trinajstić information content (AvgIpc) is 2.00. The lowest BCUT2D eigenvalue weighted by Crippen LogP contribution is -2.12. The van der Waals surface area contributed by atoms with Gasteiger partial charge in [0.05, 0.1) is 15.6 Å². The maximum absolute atomic E-state index is 10.8. The third-order valence-electron chi connectivity index (χ3n) is 1.30. The Morgan fingerprint density at radius 1 is 1.42 bits per heavy atom. The van der Waals surface area contributed by atoms with E-state index in [1.54, 1.807) is 12.1 Å². The number of amides is 1. The summed E-state index contributed by atoms with van der Waals surface area (Å²) in [7, 11) is 0. The van der Waals surface area contributed by atoms with Crippen molar-refractivity contribution in [3.63, 3.8) is 0 Å². The molecule has 0 fully saturated rings. The zero-order chi connectivity index (χ0) is 9.30. The van der Waals surface area contributed by atoms with Crippen molar-refractivity contribution in [1.29, 1.82) is 0 Å². The molecule has 1 aromatic carbocycles. The van der Waals surface area contributed by atoms with Gasteiger partial charge in [-0.05, 0) is 34.7 Å². The standard InChI is InChI=1S/C7H4Cl2INO/c8-4-2-1-3(7(11)12)6(10)5(4)9/h1-2H,(H2,11,12). The Bertz CT molecular complexity index is 340. The summed E-state index contributed by atoms with van der Waals surface area (Å²) in [5.41, 5.74) is 5.48. The largest absolute Gasteiger partial charge is 0.366 e. The van der Waals surface area contributed by atoms with Gasteiger partial charge in [-0.15, -0.1) is 0 Å². The number of hydrogen-bond donors (Lipinski definition) is 1. The highest BCUT2D eigenvalue weighted by molar-refractivity contribution is 14.1. The molecule has 0 atom stereocenters. The molecule has 5 heteroatoms. The molecule has 1 rings (SSSR count). The van der Waals surface area contributed by atoms with Crippen molar-refractivity contribution in [1.82, 2.24) is 0 Å². The molecule has 0 bridgehead atoms. The van der Waals surface area contributed by atoms with Crippen molar-refractivity contribution in [3.8, 4) is 0 Å². The smallest absolute Gasteiger partial charge is 0.249 e. The molecule has 0 aromatic heterocycles. The quantitative estimate of drug-likeness (QED) is 0.628. The summed E-state index contributed by atoms with van der Waals surface area (Å²) in [6.45, 7) is 0. The van der Waals surface area contributed by atoms with Crippen LogP contribution in [0, 0.1) is 3.57 Å². The Morgan fingerprint density at radius 3 is 2.50 bits per heavy atom. The van der Waals surface area contributed by atoms with Crippen LogP contribution >= 0.6 is 45.8 Å². The average molecular weight is 316 g/mol. The number of carbonyl (C=O) groups excluding carboxylic acids is 1. The van der Waals surface area contributed by atoms with E-state index in [0.717, 1.165) is 0 Å². The van der Waals surface area contributed by atoms with E-state index in [1.165, 1.54) is 0 Å². The summed E-state index contributed by atoms with van der Waals surface area (Å²) >= 11 is 13.4. The van der Waals surface area contributed by atoms with Gasteiger partial charge in [0, 0.05) is 3.57 Å². The van der Waals surface area contributed by atoms with Gasteiger partial charge in [-0.3, -0.25) is 4.79 Å². The molecule has 0 aliphatic rings. The maximum atomic E-state index is 10.8. The minimum atomic E-state index is -0.502. The Hall–Kier alpha value is -0.000000000000000111. The first-order valence-corrected chi connectivity index (χ1v) is 4.81. The lowest BCUT2D eigenvalue weighted by molar-refractivity contribution is 0.0999. The second-order valence-electron chi connectivity index (χ2n) is 2.09. The molecule has 12 heavy (non-hydrogen) atoms. The molecule has 0 heterocycles. The molecule has 0 spiro atoms. The molecule has 0 aliphatic carbocycles. The summed E-state index contributed by atoms with van der Waals surface area (Å²) in [4.78, 5) is 10.8. The summed E-state index contributed by atoms with van der Waals surface area (Å²) in [5.74, 6) is -0.502. The van der Waals surface area contributed by atoms with E-state index < -0.39 is 5.91 Å². The van der Waals surface area contributed by atoms with Crippen molar-refractivity contribution >= 4 is 51.7 Å². The number of nitrogens with two attached hydrogens (primary N) is 1. The van der Waals surface area contributed by atoms with Crippen molar-refractivity contribution in [2.45, 2.75) is 0 Å². The van der Waals surface area contributed by atoms with Gasteiger partial charge in [-0.2, -0.15) is 0 Å². The molecule has 0 radical (unpaired) electrons. The van der Waals surface area contributed by atoms with Crippen LogP contribution in [0.5, 0.6) is 0 Å². The molecule has 64 valence electrons. The first-order chi connectivity index (χ1) is 5.54. The van der Waals surface area contributed by atoms with Crippen LogP contribution in [0.3, 0.4) is 0 Å². The highest BCUT2D eigenvalue weighted by Gasteiger charge is 2.11. The minimum Gasteiger partial charge on any atom is -0.366 e. The fraction of sp³-hybridized carbons (Fsp3) is 0. The molecule has 0 aliphatic heterocycles. The van der Waals surface area contributed by atoms with E-state index in [0.29, 0.717) is 19.2 Å². The molecule has 1 amide bonds. The Kier molecular flexibility index (Phi) is 3.20. The van der Waals surface area contributed by atoms with Crippen LogP contribution in [0.2, 0.25) is 10.0 Å². The topological polar surface area (TPSA) is 43.1 Å². The predicted octanol–water partition coefficient (Wildman–Crippen LogP) is 2.70. The van der Waals surface area contributed by atoms with Gasteiger partial charge < -0.3 is 5.73 Å². The molecule has 0 saturated heterocycles. The van der Waals surface area contributed by atoms with E-state index in [1.807, 2.05) is 22.6 Å². The Morgan fingerprint density at radius 2 is 2.00 bits per heavy atom. The Balaban J connectivity index is 3.36. The monoisotopic (exact) mass is 315 g/mol. The number of carbonyl (C=O) groups is 1. The van der Waals surface area contributed by atoms with Gasteiger partial charge in [0.1, 0.15) is 0 Å². The van der Waals surface area contributed by atoms with Crippen LogP contribution in [-0.2, 0) is 0 Å². The van der Waals surface area contributed by atoms with Gasteiger partial charge in [0.2, 0.25) is 5.91 Å². The predicted molar refractivity (Wildman–Crippen MR) is 57.7 cm³/mol. The van der Waals surface area contributed by atoms with Gasteiger partial charge in [-0.25, -0.2) is 0 Å². The zero-order valence-corrected chi connectivity index (χ0v) is 9.44. The summed E-state index contributed by atoms with van der Waals surface area (Å²) in [6.07, 6.45) is 0. The summed E-state index contributed by atoms with van der Waals surface area (Å²) in [6, 6.07) is 3.10. The second kappa shape index (κ2) is 3.81. The van der Waals surface area contributed by atoms with Gasteiger partial charge in [-0.1, -0.05) is 23.2 Å². The highest BCUT2D eigenvalue weighted by atomic mass is 127. The number of halogens is 3. The lowest BCUT2D eigenvalue weighted by atomic mass is 10.2. The molecule has 0 unspecified atom stereocenters. The number of benzene rings is 1. The highest BCUT2D eigenvalue weighted by Crippen LogP contribution is 2.29. The van der Waals surface area contributed by atoms with Crippen LogP contribution in [0.1, 0.15) is 10.4 Å². The molecular formula is C7H4Cl2INO. The van der Waals surface area contributed by atoms with Gasteiger partial charge in [0.25, 0.3) is 0 Å². The number of primary amides is 1. The fourth-order valence-corrected chi connectivity index (χ4v) is 1.93. The lowest BCUT2D eigenvalue weighted by Gasteiger charge is -2.02. The van der Waals surface area contributed by atoms with Crippen LogP contribution in [0.15, 0.2) is 12.1 Å². The van der Waals surface area contributed by atoms with E-state index in [2.05, 4.69) is 0 Å². The normalized spacial score (nSPS) is 9.92. The van der Waals surface area contributed by atoms with Crippen molar-refractivity contribution in [3.05, 3.63) is 31.3 Å². The van der Waals surface area contributed by atoms with Crippen LogP contribution in [0.4, 0.5) is 0 Å². The van der Waals surface area contributed by atoms with Crippen molar-refractivity contribution < 1.29 is 4.79 Å². The molecule has 2 N–H and O–H groups in total. The van der Waals surface area contributed by atoms with E-state index in [4.69, 9.17) is 28.9 Å². The van der Waals surface area contributed by atoms with Crippen LogP contribution in [0.25, 0.3) is 0 Å². The van der Waals surface area contributed by atoms with E-state index >= 15 is 0 Å². The van der Waals surface area contributed by atoms with Crippen LogP contribution < -0.4 is 5.73 Å². The third-order valence-corrected chi connectivity index (χ3v) is 3.54. The van der Waals surface area contributed by atoms with Gasteiger partial charge >= 0.3 is 0 Å². The summed E-state index contributed by atoms with van der Waals surface area (Å²) in [5, 5.41) is 0.791. The Labute approximate surface area is 93.2 Å². The molecule has 0 saturated carbocycles. The molecule has 1 aromatic rings. The first-order valence-electron chi connectivity index (χ1n) is 2.97. The van der Waals surface area contributed by atoms with E-state index in [9.17, 15) is 4.79 Å². The van der Waals surface area contributed by atoms with Crippen LogP contribution in [-0.4, -0.2) is 5.91 Å². The molecular weight excluding hydrogens is 312 g/mol. The molecule has 2 nitrogen and oxygen atoms in total. The fourth-order valence-electron chi connectivity index (χ4n) is 0.716. The SMILES string of the molecule is NC(=O)c1ccc(Cl)c(Cl)c1I. The maximum Gasteiger partial charge on any atom is 0.249 e. The van der Waals surface area contributed by atoms with E-state index in [-0.39, 0.29) is 0 Å². The summed E-state index contributed by atoms with van der Waals surface area (Å²) < 4.78 is 0.592. The van der Waals surface area contributed by atoms with Gasteiger partial charge in [0.15, 0.2) is 0 Å². The third kappa shape index (κ3) is 1.84.